The molecule has 0 aromatic heterocycles. The number of phenols is 1. The van der Waals surface area contributed by atoms with Crippen LogP contribution in [0, 0.1) is 0 Å². The molecule has 3 N–H and O–H groups in total. The van der Waals surface area contributed by atoms with Crippen molar-refractivity contribution >= 4 is 22.6 Å². The van der Waals surface area contributed by atoms with E-state index in [1.165, 1.54) is 6.07 Å². The lowest BCUT2D eigenvalue weighted by atomic mass is 10.1. The maximum atomic E-state index is 12.3. The highest BCUT2D eigenvalue weighted by Crippen LogP contribution is 2.29. The van der Waals surface area contributed by atoms with Crippen LogP contribution >= 0.6 is 0 Å². The summed E-state index contributed by atoms with van der Waals surface area (Å²) < 4.78 is 10.5. The average Bonchev–Trinajstić information content (AvgIpc) is 2.65. The number of hydrogen-bond acceptors (Lipinski definition) is 5. The quantitative estimate of drug-likeness (QED) is 0.665. The number of ether oxygens (including phenoxy) is 2. The number of phenolic OH excluding ortho intramolecular Hbond substituents is 1. The van der Waals surface area contributed by atoms with Gasteiger partial charge in [0.15, 0.2) is 6.61 Å². The van der Waals surface area contributed by atoms with E-state index in [4.69, 9.17) is 15.2 Å². The van der Waals surface area contributed by atoms with Crippen molar-refractivity contribution in [3.8, 4) is 11.5 Å². The van der Waals surface area contributed by atoms with Gasteiger partial charge in [-0.15, -0.1) is 0 Å². The third kappa shape index (κ3) is 3.92. The minimum absolute atomic E-state index is 0.00112. The van der Waals surface area contributed by atoms with Crippen LogP contribution in [-0.4, -0.2) is 23.6 Å². The molecule has 0 aliphatic heterocycles. The third-order valence-electron chi connectivity index (χ3n) is 3.77. The van der Waals surface area contributed by atoms with E-state index >= 15 is 0 Å². The summed E-state index contributed by atoms with van der Waals surface area (Å²) >= 11 is 0. The van der Waals surface area contributed by atoms with Crippen LogP contribution in [0.25, 0.3) is 10.8 Å². The standard InChI is InChI=1S/C20H17NO5/c21-18(22)12-25-15-6-3-4-13(10-15)11-26-20(24)17-9-8-14-5-1-2-7-16(14)19(17)23/h1-10,23H,11-12H2,(H2,21,22). The van der Waals surface area contributed by atoms with Crippen LogP contribution in [-0.2, 0) is 16.1 Å². The number of carbonyl (C=O) groups excluding carboxylic acids is 2. The van der Waals surface area contributed by atoms with Crippen LogP contribution in [0.3, 0.4) is 0 Å². The Hall–Kier alpha value is -3.54. The van der Waals surface area contributed by atoms with Crippen molar-refractivity contribution in [2.45, 2.75) is 6.61 Å². The smallest absolute Gasteiger partial charge is 0.342 e. The molecule has 1 amide bonds. The molecule has 3 aromatic carbocycles. The summed E-state index contributed by atoms with van der Waals surface area (Å²) in [6, 6.07) is 17.3. The molecule has 0 radical (unpaired) electrons. The summed E-state index contributed by atoms with van der Waals surface area (Å²) in [5.41, 5.74) is 5.82. The molecule has 0 saturated heterocycles. The Morgan fingerprint density at radius 3 is 2.62 bits per heavy atom. The Morgan fingerprint density at radius 2 is 1.81 bits per heavy atom. The van der Waals surface area contributed by atoms with Crippen molar-refractivity contribution < 1.29 is 24.2 Å². The number of benzene rings is 3. The number of aromatic hydroxyl groups is 1. The molecule has 26 heavy (non-hydrogen) atoms. The molecule has 0 aliphatic rings. The van der Waals surface area contributed by atoms with Gasteiger partial charge in [-0.05, 0) is 29.1 Å². The first-order valence-electron chi connectivity index (χ1n) is 7.92. The Kier molecular flexibility index (Phi) is 5.03. The molecule has 0 atom stereocenters. The number of amides is 1. The minimum atomic E-state index is -0.628. The van der Waals surface area contributed by atoms with Crippen molar-refractivity contribution in [3.63, 3.8) is 0 Å². The highest BCUT2D eigenvalue weighted by molar-refractivity contribution is 6.01. The number of esters is 1. The lowest BCUT2D eigenvalue weighted by Crippen LogP contribution is -2.20. The minimum Gasteiger partial charge on any atom is -0.506 e. The van der Waals surface area contributed by atoms with Crippen molar-refractivity contribution in [2.24, 2.45) is 5.73 Å². The Labute approximate surface area is 149 Å². The zero-order chi connectivity index (χ0) is 18.5. The van der Waals surface area contributed by atoms with Crippen molar-refractivity contribution in [2.75, 3.05) is 6.61 Å². The molecule has 0 heterocycles. The third-order valence-corrected chi connectivity index (χ3v) is 3.77. The first kappa shape index (κ1) is 17.3. The van der Waals surface area contributed by atoms with E-state index in [1.807, 2.05) is 12.1 Å². The summed E-state index contributed by atoms with van der Waals surface area (Å²) in [7, 11) is 0. The second-order valence-corrected chi connectivity index (χ2v) is 5.66. The van der Waals surface area contributed by atoms with Crippen molar-refractivity contribution in [1.82, 2.24) is 0 Å². The van der Waals surface area contributed by atoms with E-state index in [2.05, 4.69) is 0 Å². The molecular formula is C20H17NO5. The van der Waals surface area contributed by atoms with Crippen LogP contribution in [0.2, 0.25) is 0 Å². The molecule has 0 bridgehead atoms. The first-order valence-corrected chi connectivity index (χ1v) is 7.92. The normalized spacial score (nSPS) is 10.5. The molecule has 0 saturated carbocycles. The van der Waals surface area contributed by atoms with E-state index in [1.54, 1.807) is 42.5 Å². The molecule has 0 unspecified atom stereocenters. The monoisotopic (exact) mass is 351 g/mol. The zero-order valence-electron chi connectivity index (χ0n) is 13.8. The predicted octanol–water partition coefficient (Wildman–Crippen LogP) is 2.77. The second-order valence-electron chi connectivity index (χ2n) is 5.66. The zero-order valence-corrected chi connectivity index (χ0v) is 13.8. The maximum Gasteiger partial charge on any atom is 0.342 e. The maximum absolute atomic E-state index is 12.3. The highest BCUT2D eigenvalue weighted by Gasteiger charge is 2.15. The number of hydrogen-bond donors (Lipinski definition) is 2. The van der Waals surface area contributed by atoms with Gasteiger partial charge in [0.1, 0.15) is 23.7 Å². The van der Waals surface area contributed by atoms with Crippen LogP contribution in [0.15, 0.2) is 60.7 Å². The van der Waals surface area contributed by atoms with Gasteiger partial charge >= 0.3 is 5.97 Å². The summed E-state index contributed by atoms with van der Waals surface area (Å²) in [5.74, 6) is -0.858. The van der Waals surface area contributed by atoms with Gasteiger partial charge < -0.3 is 20.3 Å². The van der Waals surface area contributed by atoms with Crippen LogP contribution in [0.4, 0.5) is 0 Å². The first-order chi connectivity index (χ1) is 12.5. The van der Waals surface area contributed by atoms with Crippen molar-refractivity contribution in [1.29, 1.82) is 0 Å². The summed E-state index contributed by atoms with van der Waals surface area (Å²) in [5, 5.41) is 11.7. The van der Waals surface area contributed by atoms with E-state index in [-0.39, 0.29) is 24.5 Å². The van der Waals surface area contributed by atoms with Gasteiger partial charge in [0.2, 0.25) is 0 Å². The van der Waals surface area contributed by atoms with E-state index in [9.17, 15) is 14.7 Å². The number of nitrogens with two attached hydrogens (primary N) is 1. The lowest BCUT2D eigenvalue weighted by molar-refractivity contribution is -0.119. The molecule has 6 nitrogen and oxygen atoms in total. The van der Waals surface area contributed by atoms with Gasteiger partial charge in [0.25, 0.3) is 5.91 Å². The fraction of sp³-hybridized carbons (Fsp3) is 0.100. The topological polar surface area (TPSA) is 98.9 Å². The van der Waals surface area contributed by atoms with Crippen molar-refractivity contribution in [3.05, 3.63) is 71.8 Å². The molecule has 0 spiro atoms. The van der Waals surface area contributed by atoms with Gasteiger partial charge in [-0.1, -0.05) is 42.5 Å². The number of rotatable bonds is 6. The van der Waals surface area contributed by atoms with Crippen LogP contribution in [0.5, 0.6) is 11.5 Å². The SMILES string of the molecule is NC(=O)COc1cccc(COC(=O)c2ccc3ccccc3c2O)c1. The second kappa shape index (κ2) is 7.57. The summed E-state index contributed by atoms with van der Waals surface area (Å²) in [6.45, 7) is -0.229. The fourth-order valence-corrected chi connectivity index (χ4v) is 2.53. The van der Waals surface area contributed by atoms with Gasteiger partial charge in [0, 0.05) is 5.39 Å². The Morgan fingerprint density at radius 1 is 1.00 bits per heavy atom. The molecule has 132 valence electrons. The van der Waals surface area contributed by atoms with E-state index in [0.29, 0.717) is 16.7 Å². The average molecular weight is 351 g/mol. The molecule has 3 rings (SSSR count). The van der Waals surface area contributed by atoms with Gasteiger partial charge in [-0.25, -0.2) is 4.79 Å². The molecule has 6 heteroatoms. The molecule has 3 aromatic rings. The summed E-state index contributed by atoms with van der Waals surface area (Å²) in [6.07, 6.45) is 0. The van der Waals surface area contributed by atoms with Gasteiger partial charge in [-0.2, -0.15) is 0 Å². The number of primary amides is 1. The fourth-order valence-electron chi connectivity index (χ4n) is 2.53. The molecule has 0 fully saturated rings. The Bertz CT molecular complexity index is 967. The number of fused-ring (bicyclic) bond motifs is 1. The Balaban J connectivity index is 1.70. The molecular weight excluding hydrogens is 334 g/mol. The van der Waals surface area contributed by atoms with Crippen LogP contribution in [0.1, 0.15) is 15.9 Å². The number of carbonyl (C=O) groups is 2. The van der Waals surface area contributed by atoms with Gasteiger partial charge in [-0.3, -0.25) is 4.79 Å². The lowest BCUT2D eigenvalue weighted by Gasteiger charge is -2.10. The summed E-state index contributed by atoms with van der Waals surface area (Å²) in [4.78, 5) is 23.1. The van der Waals surface area contributed by atoms with E-state index < -0.39 is 11.9 Å². The largest absolute Gasteiger partial charge is 0.506 e. The van der Waals surface area contributed by atoms with E-state index in [0.717, 1.165) is 5.39 Å². The molecule has 0 aliphatic carbocycles. The highest BCUT2D eigenvalue weighted by atomic mass is 16.5. The predicted molar refractivity (Wildman–Crippen MR) is 95.9 cm³/mol. The van der Waals surface area contributed by atoms with Crippen LogP contribution < -0.4 is 10.5 Å². The van der Waals surface area contributed by atoms with Gasteiger partial charge in [0.05, 0.1) is 0 Å².